The smallest absolute Gasteiger partial charge is 0.0476 e. The van der Waals surface area contributed by atoms with Crippen LogP contribution in [-0.2, 0) is 5.88 Å². The largest absolute Gasteiger partial charge is 0.369 e. The molecule has 1 heterocycles. The first-order valence-corrected chi connectivity index (χ1v) is 7.76. The summed E-state index contributed by atoms with van der Waals surface area (Å²) < 4.78 is 0. The van der Waals surface area contributed by atoms with Crippen molar-refractivity contribution in [1.82, 2.24) is 4.90 Å². The van der Waals surface area contributed by atoms with Gasteiger partial charge in [0.15, 0.2) is 0 Å². The average Bonchev–Trinajstić information content (AvgIpc) is 2.39. The fourth-order valence-corrected chi connectivity index (χ4v) is 3.03. The van der Waals surface area contributed by atoms with Crippen LogP contribution in [0.25, 0.3) is 0 Å². The molecule has 1 aliphatic rings. The highest BCUT2D eigenvalue weighted by Crippen LogP contribution is 2.21. The van der Waals surface area contributed by atoms with Crippen LogP contribution in [0.1, 0.15) is 25.0 Å². The van der Waals surface area contributed by atoms with Gasteiger partial charge in [-0.3, -0.25) is 4.90 Å². The zero-order valence-corrected chi connectivity index (χ0v) is 13.1. The second-order valence-corrected chi connectivity index (χ2v) is 6.19. The summed E-state index contributed by atoms with van der Waals surface area (Å²) in [6.45, 7) is 12.6. The fraction of sp³-hybridized carbons (Fsp3) is 0.625. The molecule has 1 fully saturated rings. The van der Waals surface area contributed by atoms with Gasteiger partial charge < -0.3 is 4.90 Å². The number of aryl methyl sites for hydroxylation is 1. The Kier molecular flexibility index (Phi) is 5.12. The number of halogens is 1. The zero-order chi connectivity index (χ0) is 13.8. The summed E-state index contributed by atoms with van der Waals surface area (Å²) in [6.07, 6.45) is 0. The predicted molar refractivity (Wildman–Crippen MR) is 84.2 cm³/mol. The van der Waals surface area contributed by atoms with Crippen LogP contribution < -0.4 is 4.90 Å². The minimum atomic E-state index is 0.605. The molecule has 0 amide bonds. The lowest BCUT2D eigenvalue weighted by Crippen LogP contribution is -2.47. The van der Waals surface area contributed by atoms with E-state index < -0.39 is 0 Å². The van der Waals surface area contributed by atoms with Crippen LogP contribution in [0.15, 0.2) is 18.2 Å². The molecule has 1 aromatic carbocycles. The van der Waals surface area contributed by atoms with E-state index in [2.05, 4.69) is 48.8 Å². The van der Waals surface area contributed by atoms with Gasteiger partial charge in [0.05, 0.1) is 0 Å². The van der Waals surface area contributed by atoms with Gasteiger partial charge in [-0.05, 0) is 36.1 Å². The van der Waals surface area contributed by atoms with Crippen molar-refractivity contribution in [2.24, 2.45) is 5.92 Å². The summed E-state index contributed by atoms with van der Waals surface area (Å²) in [5.41, 5.74) is 3.89. The molecule has 0 atom stereocenters. The van der Waals surface area contributed by atoms with E-state index >= 15 is 0 Å². The number of alkyl halides is 1. The van der Waals surface area contributed by atoms with Gasteiger partial charge in [0.25, 0.3) is 0 Å². The lowest BCUT2D eigenvalue weighted by molar-refractivity contribution is 0.231. The number of hydrogen-bond acceptors (Lipinski definition) is 2. The van der Waals surface area contributed by atoms with Crippen molar-refractivity contribution in [2.45, 2.75) is 26.7 Å². The Morgan fingerprint density at radius 1 is 1.16 bits per heavy atom. The van der Waals surface area contributed by atoms with E-state index in [1.54, 1.807) is 0 Å². The Morgan fingerprint density at radius 3 is 2.37 bits per heavy atom. The molecule has 19 heavy (non-hydrogen) atoms. The van der Waals surface area contributed by atoms with E-state index in [0.717, 1.165) is 19.0 Å². The molecule has 1 saturated heterocycles. The molecule has 0 bridgehead atoms. The zero-order valence-electron chi connectivity index (χ0n) is 12.3. The standard InChI is InChI=1S/C16H25ClN2/c1-13(2)12-18-6-8-19(9-7-18)16-5-4-15(11-17)14(3)10-16/h4-5,10,13H,6-9,11-12H2,1-3H3. The van der Waals surface area contributed by atoms with Gasteiger partial charge in [0, 0.05) is 44.3 Å². The van der Waals surface area contributed by atoms with Crippen LogP contribution in [0.5, 0.6) is 0 Å². The van der Waals surface area contributed by atoms with Crippen molar-refractivity contribution >= 4 is 17.3 Å². The van der Waals surface area contributed by atoms with Crippen LogP contribution in [0, 0.1) is 12.8 Å². The van der Waals surface area contributed by atoms with E-state index in [1.165, 1.54) is 36.4 Å². The minimum Gasteiger partial charge on any atom is -0.369 e. The molecule has 0 aliphatic carbocycles. The maximum Gasteiger partial charge on any atom is 0.0476 e. The quantitative estimate of drug-likeness (QED) is 0.779. The number of piperazine rings is 1. The van der Waals surface area contributed by atoms with Crippen molar-refractivity contribution in [1.29, 1.82) is 0 Å². The molecule has 2 nitrogen and oxygen atoms in total. The molecular formula is C16H25ClN2. The van der Waals surface area contributed by atoms with Crippen LogP contribution in [0.4, 0.5) is 5.69 Å². The van der Waals surface area contributed by atoms with Crippen molar-refractivity contribution in [2.75, 3.05) is 37.6 Å². The Hall–Kier alpha value is -0.730. The molecule has 0 aromatic heterocycles. The number of rotatable bonds is 4. The minimum absolute atomic E-state index is 0.605. The summed E-state index contributed by atoms with van der Waals surface area (Å²) in [5.74, 6) is 1.37. The maximum absolute atomic E-state index is 5.92. The predicted octanol–water partition coefficient (Wildman–Crippen LogP) is 3.51. The van der Waals surface area contributed by atoms with Crippen molar-refractivity contribution < 1.29 is 0 Å². The second-order valence-electron chi connectivity index (χ2n) is 5.93. The molecule has 0 saturated carbocycles. The van der Waals surface area contributed by atoms with Gasteiger partial charge in [0.2, 0.25) is 0 Å². The van der Waals surface area contributed by atoms with Crippen LogP contribution in [0.2, 0.25) is 0 Å². The normalized spacial score (nSPS) is 17.2. The Balaban J connectivity index is 1.96. The first kappa shape index (κ1) is 14.7. The average molecular weight is 281 g/mol. The monoisotopic (exact) mass is 280 g/mol. The molecule has 1 aliphatic heterocycles. The summed E-state index contributed by atoms with van der Waals surface area (Å²) in [6, 6.07) is 6.65. The SMILES string of the molecule is Cc1cc(N2CCN(CC(C)C)CC2)ccc1CCl. The molecule has 2 rings (SSSR count). The molecule has 1 aromatic rings. The van der Waals surface area contributed by atoms with Gasteiger partial charge >= 0.3 is 0 Å². The van der Waals surface area contributed by atoms with Gasteiger partial charge in [-0.1, -0.05) is 19.9 Å². The van der Waals surface area contributed by atoms with Crippen molar-refractivity contribution in [3.63, 3.8) is 0 Å². The van der Waals surface area contributed by atoms with Crippen LogP contribution in [0.3, 0.4) is 0 Å². The van der Waals surface area contributed by atoms with E-state index in [4.69, 9.17) is 11.6 Å². The first-order chi connectivity index (χ1) is 9.10. The number of nitrogens with zero attached hydrogens (tertiary/aromatic N) is 2. The molecule has 0 spiro atoms. The van der Waals surface area contributed by atoms with Crippen molar-refractivity contribution in [3.05, 3.63) is 29.3 Å². The van der Waals surface area contributed by atoms with E-state index in [1.807, 2.05) is 0 Å². The topological polar surface area (TPSA) is 6.48 Å². The van der Waals surface area contributed by atoms with Crippen molar-refractivity contribution in [3.8, 4) is 0 Å². The molecular weight excluding hydrogens is 256 g/mol. The lowest BCUT2D eigenvalue weighted by atomic mass is 10.1. The van der Waals surface area contributed by atoms with E-state index in [9.17, 15) is 0 Å². The highest BCUT2D eigenvalue weighted by Gasteiger charge is 2.17. The number of anilines is 1. The molecule has 3 heteroatoms. The van der Waals surface area contributed by atoms with Crippen LogP contribution >= 0.6 is 11.6 Å². The summed E-state index contributed by atoms with van der Waals surface area (Å²) in [7, 11) is 0. The van der Waals surface area contributed by atoms with Gasteiger partial charge in [-0.15, -0.1) is 11.6 Å². The van der Waals surface area contributed by atoms with E-state index in [0.29, 0.717) is 5.88 Å². The van der Waals surface area contributed by atoms with Gasteiger partial charge in [-0.2, -0.15) is 0 Å². The summed E-state index contributed by atoms with van der Waals surface area (Å²) >= 11 is 5.92. The first-order valence-electron chi connectivity index (χ1n) is 7.23. The van der Waals surface area contributed by atoms with Gasteiger partial charge in [-0.25, -0.2) is 0 Å². The molecule has 0 unspecified atom stereocenters. The Labute approximate surface area is 122 Å². The number of hydrogen-bond donors (Lipinski definition) is 0. The van der Waals surface area contributed by atoms with Gasteiger partial charge in [0.1, 0.15) is 0 Å². The third-order valence-corrected chi connectivity index (χ3v) is 4.12. The van der Waals surface area contributed by atoms with E-state index in [-0.39, 0.29) is 0 Å². The highest BCUT2D eigenvalue weighted by atomic mass is 35.5. The molecule has 0 radical (unpaired) electrons. The second kappa shape index (κ2) is 6.62. The maximum atomic E-state index is 5.92. The lowest BCUT2D eigenvalue weighted by Gasteiger charge is -2.37. The third kappa shape index (κ3) is 3.87. The highest BCUT2D eigenvalue weighted by molar-refractivity contribution is 6.17. The third-order valence-electron chi connectivity index (χ3n) is 3.83. The Bertz CT molecular complexity index is 409. The number of benzene rings is 1. The Morgan fingerprint density at radius 2 is 1.84 bits per heavy atom. The summed E-state index contributed by atoms with van der Waals surface area (Å²) in [4.78, 5) is 5.06. The summed E-state index contributed by atoms with van der Waals surface area (Å²) in [5, 5.41) is 0. The molecule has 0 N–H and O–H groups in total. The fourth-order valence-electron chi connectivity index (χ4n) is 2.73. The molecule has 106 valence electrons. The van der Waals surface area contributed by atoms with Crippen LogP contribution in [-0.4, -0.2) is 37.6 Å².